The molecule has 2 aromatic heterocycles. The smallest absolute Gasteiger partial charge is 0.160 e. The number of benzene rings is 1. The molecule has 0 atom stereocenters. The zero-order valence-corrected chi connectivity index (χ0v) is 15.0. The van der Waals surface area contributed by atoms with Crippen molar-refractivity contribution < 1.29 is 9.50 Å². The largest absolute Gasteiger partial charge is 0.504 e. The van der Waals surface area contributed by atoms with E-state index in [0.717, 1.165) is 11.4 Å². The van der Waals surface area contributed by atoms with Gasteiger partial charge in [0.1, 0.15) is 12.2 Å². The molecule has 0 aliphatic rings. The lowest BCUT2D eigenvalue weighted by atomic mass is 10.1. The van der Waals surface area contributed by atoms with E-state index in [2.05, 4.69) is 15.3 Å². The molecule has 0 spiro atoms. The van der Waals surface area contributed by atoms with Crippen LogP contribution in [0.15, 0.2) is 24.4 Å². The van der Waals surface area contributed by atoms with Crippen LogP contribution in [-0.2, 0) is 19.6 Å². The maximum atomic E-state index is 12.3. The highest BCUT2D eigenvalue weighted by atomic mass is 35.5. The van der Waals surface area contributed by atoms with Gasteiger partial charge in [-0.25, -0.2) is 14.1 Å². The molecular weight excluding hydrogens is 367 g/mol. The lowest BCUT2D eigenvalue weighted by Gasteiger charge is -2.15. The van der Waals surface area contributed by atoms with Gasteiger partial charge in [0.2, 0.25) is 0 Å². The molecule has 25 heavy (non-hydrogen) atoms. The van der Waals surface area contributed by atoms with Crippen molar-refractivity contribution in [3.63, 3.8) is 0 Å². The minimum absolute atomic E-state index is 0.0836. The van der Waals surface area contributed by atoms with Gasteiger partial charge >= 0.3 is 0 Å². The molecule has 2 heterocycles. The number of phenols is 1. The fraction of sp³-hybridized carbons (Fsp3) is 0.312. The molecule has 6 nitrogen and oxygen atoms in total. The quantitative estimate of drug-likeness (QED) is 0.707. The first-order valence-corrected chi connectivity index (χ1v) is 8.33. The first kappa shape index (κ1) is 17.8. The number of fused-ring (bicyclic) bond motifs is 1. The zero-order valence-electron chi connectivity index (χ0n) is 13.5. The van der Waals surface area contributed by atoms with Gasteiger partial charge in [-0.3, -0.25) is 4.90 Å². The second kappa shape index (κ2) is 7.51. The Morgan fingerprint density at radius 1 is 1.20 bits per heavy atom. The number of halogens is 3. The van der Waals surface area contributed by atoms with Gasteiger partial charge in [0, 0.05) is 24.7 Å². The number of rotatable bonds is 6. The molecule has 0 aliphatic carbocycles. The predicted octanol–water partition coefficient (Wildman–Crippen LogP) is 3.44. The summed E-state index contributed by atoms with van der Waals surface area (Å²) in [6, 6.07) is 5.15. The van der Waals surface area contributed by atoms with Crippen molar-refractivity contribution in [1.82, 2.24) is 24.9 Å². The van der Waals surface area contributed by atoms with E-state index >= 15 is 0 Å². The van der Waals surface area contributed by atoms with Crippen LogP contribution in [0.1, 0.15) is 11.4 Å². The topological polar surface area (TPSA) is 67.1 Å². The molecule has 0 aliphatic heterocycles. The van der Waals surface area contributed by atoms with Gasteiger partial charge < -0.3 is 5.11 Å². The summed E-state index contributed by atoms with van der Waals surface area (Å²) in [6.45, 7) is 0.780. The van der Waals surface area contributed by atoms with Crippen LogP contribution >= 0.6 is 23.2 Å². The normalized spacial score (nSPS) is 11.6. The van der Waals surface area contributed by atoms with Crippen LogP contribution in [0.5, 0.6) is 5.75 Å². The van der Waals surface area contributed by atoms with Crippen molar-refractivity contribution in [1.29, 1.82) is 0 Å². The maximum absolute atomic E-state index is 12.3. The highest BCUT2D eigenvalue weighted by Crippen LogP contribution is 2.36. The van der Waals surface area contributed by atoms with E-state index in [9.17, 15) is 9.50 Å². The highest BCUT2D eigenvalue weighted by molar-refractivity contribution is 6.39. The predicted molar refractivity (Wildman–Crippen MR) is 94.6 cm³/mol. The van der Waals surface area contributed by atoms with Gasteiger partial charge in [-0.05, 0) is 25.2 Å². The fourth-order valence-corrected chi connectivity index (χ4v) is 3.06. The summed E-state index contributed by atoms with van der Waals surface area (Å²) in [5, 5.41) is 19.2. The molecule has 0 saturated heterocycles. The van der Waals surface area contributed by atoms with Crippen molar-refractivity contribution in [2.75, 3.05) is 13.7 Å². The van der Waals surface area contributed by atoms with Crippen molar-refractivity contribution in [2.45, 2.75) is 19.6 Å². The molecule has 9 heteroatoms. The van der Waals surface area contributed by atoms with E-state index in [0.29, 0.717) is 29.0 Å². The number of alkyl halides is 1. The standard InChI is InChI=1S/C16H16Cl2FN5O/c1-23(8-11-9-24(5-4-19)22-21-11)7-10-2-3-12-13(17)6-14(18)16(25)15(12)20-10/h2-3,6,9,25H,4-5,7-8H2,1H3/i1-1. The number of aromatic nitrogens is 4. The highest BCUT2D eigenvalue weighted by Gasteiger charge is 2.13. The van der Waals surface area contributed by atoms with Crippen LogP contribution in [0.25, 0.3) is 10.9 Å². The molecule has 1 aromatic carbocycles. The number of hydrogen-bond donors (Lipinski definition) is 1. The Hall–Kier alpha value is -1.96. The fourth-order valence-electron chi connectivity index (χ4n) is 2.55. The SMILES string of the molecule is [11CH3]N(Cc1cn(CCF)nn1)Cc1ccc2c(Cl)cc(Cl)c(O)c2n1. The number of nitrogens with zero attached hydrogens (tertiary/aromatic N) is 5. The molecule has 132 valence electrons. The Balaban J connectivity index is 1.76. The Morgan fingerprint density at radius 2 is 1.96 bits per heavy atom. The number of phenolic OH excluding ortho intramolecular Hbond substituents is 1. The summed E-state index contributed by atoms with van der Waals surface area (Å²) in [6.07, 6.45) is 1.72. The van der Waals surface area contributed by atoms with Gasteiger partial charge in [-0.1, -0.05) is 28.4 Å². The second-order valence-corrected chi connectivity index (χ2v) is 6.54. The third-order valence-corrected chi connectivity index (χ3v) is 4.28. The molecular formula is C16H16Cl2FN5O. The van der Waals surface area contributed by atoms with Crippen LogP contribution in [0.4, 0.5) is 4.39 Å². The average Bonchev–Trinajstić information content (AvgIpc) is 3.00. The van der Waals surface area contributed by atoms with E-state index in [-0.39, 0.29) is 17.3 Å². The lowest BCUT2D eigenvalue weighted by molar-refractivity contribution is 0.311. The number of hydrogen-bond acceptors (Lipinski definition) is 5. The van der Waals surface area contributed by atoms with Gasteiger partial charge in [-0.2, -0.15) is 0 Å². The minimum atomic E-state index is -0.478. The van der Waals surface area contributed by atoms with Gasteiger partial charge in [0.05, 0.1) is 28.0 Å². The first-order valence-electron chi connectivity index (χ1n) is 7.58. The van der Waals surface area contributed by atoms with Gasteiger partial charge in [0.15, 0.2) is 5.75 Å². The first-order chi connectivity index (χ1) is 12.0. The summed E-state index contributed by atoms with van der Waals surface area (Å²) in [7, 11) is 1.91. The molecule has 1 N–H and O–H groups in total. The van der Waals surface area contributed by atoms with Crippen molar-refractivity contribution >= 4 is 34.1 Å². The summed E-state index contributed by atoms with van der Waals surface area (Å²) in [4.78, 5) is 6.45. The van der Waals surface area contributed by atoms with E-state index in [1.54, 1.807) is 12.3 Å². The number of pyridine rings is 1. The summed E-state index contributed by atoms with van der Waals surface area (Å²) in [5.74, 6) is -0.0836. The third-order valence-electron chi connectivity index (χ3n) is 3.68. The average molecular weight is 383 g/mol. The zero-order chi connectivity index (χ0) is 18.0. The van der Waals surface area contributed by atoms with E-state index in [1.165, 1.54) is 10.7 Å². The molecule has 0 radical (unpaired) electrons. The van der Waals surface area contributed by atoms with Crippen LogP contribution < -0.4 is 0 Å². The van der Waals surface area contributed by atoms with Crippen LogP contribution in [0, 0.1) is 0 Å². The van der Waals surface area contributed by atoms with Crippen LogP contribution in [-0.4, -0.2) is 43.7 Å². The minimum Gasteiger partial charge on any atom is -0.504 e. The Bertz CT molecular complexity index is 902. The molecule has 0 fully saturated rings. The van der Waals surface area contributed by atoms with E-state index in [1.807, 2.05) is 18.0 Å². The molecule has 3 aromatic rings. The third kappa shape index (κ3) is 4.00. The monoisotopic (exact) mass is 382 g/mol. The van der Waals surface area contributed by atoms with Gasteiger partial charge in [0.25, 0.3) is 0 Å². The maximum Gasteiger partial charge on any atom is 0.160 e. The lowest BCUT2D eigenvalue weighted by Crippen LogP contribution is -2.18. The molecule has 0 unspecified atom stereocenters. The van der Waals surface area contributed by atoms with Crippen molar-refractivity contribution in [3.05, 3.63) is 45.8 Å². The number of aryl methyl sites for hydroxylation is 1. The van der Waals surface area contributed by atoms with Gasteiger partial charge in [-0.15, -0.1) is 5.10 Å². The van der Waals surface area contributed by atoms with Crippen LogP contribution in [0.2, 0.25) is 10.0 Å². The second-order valence-electron chi connectivity index (χ2n) is 5.72. The Morgan fingerprint density at radius 3 is 2.72 bits per heavy atom. The summed E-state index contributed by atoms with van der Waals surface area (Å²) in [5.41, 5.74) is 1.86. The molecule has 0 amide bonds. The Kier molecular flexibility index (Phi) is 5.36. The summed E-state index contributed by atoms with van der Waals surface area (Å²) >= 11 is 12.1. The van der Waals surface area contributed by atoms with E-state index < -0.39 is 6.67 Å². The molecule has 3 rings (SSSR count). The Labute approximate surface area is 153 Å². The number of aromatic hydroxyl groups is 1. The molecule has 0 bridgehead atoms. The molecule has 0 saturated carbocycles. The summed E-state index contributed by atoms with van der Waals surface area (Å²) < 4.78 is 13.8. The van der Waals surface area contributed by atoms with Crippen molar-refractivity contribution in [3.8, 4) is 5.75 Å². The van der Waals surface area contributed by atoms with Crippen molar-refractivity contribution in [2.24, 2.45) is 0 Å². The van der Waals surface area contributed by atoms with E-state index in [4.69, 9.17) is 23.2 Å². The van der Waals surface area contributed by atoms with Crippen LogP contribution in [0.3, 0.4) is 0 Å².